The molecule has 110 valence electrons. The number of amides is 1. The van der Waals surface area contributed by atoms with E-state index in [0.29, 0.717) is 11.6 Å². The average molecular weight is 302 g/mol. The van der Waals surface area contributed by atoms with Crippen molar-refractivity contribution in [3.05, 3.63) is 36.0 Å². The van der Waals surface area contributed by atoms with Crippen molar-refractivity contribution in [2.24, 2.45) is 5.92 Å². The number of carbonyl (C=O) groups is 1. The predicted octanol–water partition coefficient (Wildman–Crippen LogP) is 3.22. The smallest absolute Gasteiger partial charge is 0.231 e. The van der Waals surface area contributed by atoms with E-state index < -0.39 is 6.10 Å². The Kier molecular flexibility index (Phi) is 4.03. The Hall–Kier alpha value is -1.72. The van der Waals surface area contributed by atoms with Crippen LogP contribution in [0.5, 0.6) is 0 Å². The highest BCUT2D eigenvalue weighted by atomic mass is 32.1. The quantitative estimate of drug-likeness (QED) is 0.915. The van der Waals surface area contributed by atoms with Gasteiger partial charge in [0.15, 0.2) is 5.13 Å². The Morgan fingerprint density at radius 1 is 1.38 bits per heavy atom. The normalized spacial score (nSPS) is 21.4. The van der Waals surface area contributed by atoms with Crippen LogP contribution in [-0.4, -0.2) is 22.1 Å². The minimum atomic E-state index is -0.513. The molecule has 5 heteroatoms. The average Bonchev–Trinajstić information content (AvgIpc) is 3.08. The van der Waals surface area contributed by atoms with E-state index in [-0.39, 0.29) is 11.8 Å². The van der Waals surface area contributed by atoms with Gasteiger partial charge in [0.05, 0.1) is 16.9 Å². The molecule has 2 unspecified atom stereocenters. The molecule has 1 fully saturated rings. The van der Waals surface area contributed by atoms with Gasteiger partial charge in [-0.25, -0.2) is 4.98 Å². The number of carbonyl (C=O) groups excluding carboxylic acids is 1. The second-order valence-corrected chi connectivity index (χ2v) is 6.47. The minimum Gasteiger partial charge on any atom is -0.392 e. The van der Waals surface area contributed by atoms with E-state index in [9.17, 15) is 9.90 Å². The molecular formula is C16H18N2O2S. The highest BCUT2D eigenvalue weighted by Gasteiger charge is 2.31. The van der Waals surface area contributed by atoms with Gasteiger partial charge < -0.3 is 10.4 Å². The summed E-state index contributed by atoms with van der Waals surface area (Å²) in [5.41, 5.74) is 2.32. The summed E-state index contributed by atoms with van der Waals surface area (Å²) in [5.74, 6) is -0.415. The Bertz CT molecular complexity index is 653. The van der Waals surface area contributed by atoms with Crippen molar-refractivity contribution in [3.8, 4) is 10.4 Å². The van der Waals surface area contributed by atoms with Crippen LogP contribution < -0.4 is 5.32 Å². The number of rotatable bonds is 3. The third kappa shape index (κ3) is 2.99. The number of anilines is 1. The zero-order chi connectivity index (χ0) is 14.8. The molecule has 1 aromatic carbocycles. The van der Waals surface area contributed by atoms with Crippen LogP contribution in [0.1, 0.15) is 24.8 Å². The lowest BCUT2D eigenvalue weighted by Gasteiger charge is -2.12. The molecule has 1 aromatic heterocycles. The third-order valence-electron chi connectivity index (χ3n) is 3.96. The number of aliphatic hydroxyl groups is 1. The number of hydrogen-bond acceptors (Lipinski definition) is 4. The van der Waals surface area contributed by atoms with Crippen molar-refractivity contribution in [3.63, 3.8) is 0 Å². The lowest BCUT2D eigenvalue weighted by atomic mass is 10.1. The standard InChI is InChI=1S/C16H18N2O2S/c1-10-5-2-3-6-11(10)14-9-17-16(21-14)18-15(20)12-7-4-8-13(12)19/h2-3,5-6,9,12-13,19H,4,7-8H2,1H3,(H,17,18,20). The van der Waals surface area contributed by atoms with Gasteiger partial charge in [0, 0.05) is 6.20 Å². The Morgan fingerprint density at radius 3 is 2.90 bits per heavy atom. The lowest BCUT2D eigenvalue weighted by Crippen LogP contribution is -2.28. The lowest BCUT2D eigenvalue weighted by molar-refractivity contribution is -0.122. The molecule has 2 N–H and O–H groups in total. The van der Waals surface area contributed by atoms with Crippen molar-refractivity contribution in [2.45, 2.75) is 32.3 Å². The molecule has 0 aliphatic heterocycles. The number of nitrogens with zero attached hydrogens (tertiary/aromatic N) is 1. The summed E-state index contributed by atoms with van der Waals surface area (Å²) in [6.45, 7) is 2.06. The molecule has 0 bridgehead atoms. The maximum Gasteiger partial charge on any atom is 0.231 e. The van der Waals surface area contributed by atoms with Gasteiger partial charge in [-0.15, -0.1) is 0 Å². The molecule has 2 atom stereocenters. The SMILES string of the molecule is Cc1ccccc1-c1cnc(NC(=O)C2CCCC2O)s1. The molecule has 1 amide bonds. The summed E-state index contributed by atoms with van der Waals surface area (Å²) in [6, 6.07) is 8.11. The van der Waals surface area contributed by atoms with Gasteiger partial charge in [-0.2, -0.15) is 0 Å². The topological polar surface area (TPSA) is 62.2 Å². The second kappa shape index (κ2) is 5.95. The molecule has 21 heavy (non-hydrogen) atoms. The first-order chi connectivity index (χ1) is 10.1. The van der Waals surface area contributed by atoms with Gasteiger partial charge in [0.25, 0.3) is 0 Å². The Labute approximate surface area is 127 Å². The summed E-state index contributed by atoms with van der Waals surface area (Å²) >= 11 is 1.46. The van der Waals surface area contributed by atoms with Crippen LogP contribution in [0.15, 0.2) is 30.5 Å². The number of benzene rings is 1. The summed E-state index contributed by atoms with van der Waals surface area (Å²) in [7, 11) is 0. The van der Waals surface area contributed by atoms with Gasteiger partial charge in [0.2, 0.25) is 5.91 Å². The van der Waals surface area contributed by atoms with E-state index in [1.165, 1.54) is 16.9 Å². The van der Waals surface area contributed by atoms with Crippen molar-refractivity contribution < 1.29 is 9.90 Å². The van der Waals surface area contributed by atoms with Gasteiger partial charge in [-0.05, 0) is 37.3 Å². The number of thiazole rings is 1. The number of aliphatic hydroxyl groups excluding tert-OH is 1. The summed E-state index contributed by atoms with van der Waals surface area (Å²) in [5, 5.41) is 13.2. The van der Waals surface area contributed by atoms with Crippen LogP contribution in [0.4, 0.5) is 5.13 Å². The first kappa shape index (κ1) is 14.2. The summed E-state index contributed by atoms with van der Waals surface area (Å²) in [4.78, 5) is 17.4. The highest BCUT2D eigenvalue weighted by Crippen LogP contribution is 2.32. The van der Waals surface area contributed by atoms with E-state index in [4.69, 9.17) is 0 Å². The van der Waals surface area contributed by atoms with E-state index >= 15 is 0 Å². The van der Waals surface area contributed by atoms with Crippen molar-refractivity contribution in [2.75, 3.05) is 5.32 Å². The molecule has 1 aliphatic rings. The molecule has 1 aliphatic carbocycles. The molecule has 1 saturated carbocycles. The minimum absolute atomic E-state index is 0.120. The maximum atomic E-state index is 12.1. The fourth-order valence-electron chi connectivity index (χ4n) is 2.75. The van der Waals surface area contributed by atoms with Gasteiger partial charge in [-0.1, -0.05) is 35.6 Å². The monoisotopic (exact) mass is 302 g/mol. The van der Waals surface area contributed by atoms with E-state index in [0.717, 1.165) is 23.3 Å². The molecule has 2 aromatic rings. The number of aryl methyl sites for hydroxylation is 1. The maximum absolute atomic E-state index is 12.1. The molecule has 4 nitrogen and oxygen atoms in total. The fraction of sp³-hybridized carbons (Fsp3) is 0.375. The molecular weight excluding hydrogens is 284 g/mol. The molecule has 0 saturated heterocycles. The van der Waals surface area contributed by atoms with Crippen LogP contribution in [0, 0.1) is 12.8 Å². The van der Waals surface area contributed by atoms with E-state index in [1.54, 1.807) is 6.20 Å². The van der Waals surface area contributed by atoms with Crippen LogP contribution in [0.25, 0.3) is 10.4 Å². The largest absolute Gasteiger partial charge is 0.392 e. The third-order valence-corrected chi connectivity index (χ3v) is 4.91. The Morgan fingerprint density at radius 2 is 2.19 bits per heavy atom. The zero-order valence-corrected chi connectivity index (χ0v) is 12.7. The van der Waals surface area contributed by atoms with Crippen LogP contribution in [-0.2, 0) is 4.79 Å². The molecule has 1 heterocycles. The van der Waals surface area contributed by atoms with Crippen LogP contribution in [0.2, 0.25) is 0 Å². The zero-order valence-electron chi connectivity index (χ0n) is 11.9. The van der Waals surface area contributed by atoms with Gasteiger partial charge in [0.1, 0.15) is 0 Å². The van der Waals surface area contributed by atoms with E-state index in [1.807, 2.05) is 12.1 Å². The molecule has 0 spiro atoms. The van der Waals surface area contributed by atoms with Crippen LogP contribution >= 0.6 is 11.3 Å². The molecule has 3 rings (SSSR count). The number of aromatic nitrogens is 1. The first-order valence-electron chi connectivity index (χ1n) is 7.16. The van der Waals surface area contributed by atoms with Gasteiger partial charge in [-0.3, -0.25) is 4.79 Å². The second-order valence-electron chi connectivity index (χ2n) is 5.44. The van der Waals surface area contributed by atoms with E-state index in [2.05, 4.69) is 29.4 Å². The van der Waals surface area contributed by atoms with Crippen LogP contribution in [0.3, 0.4) is 0 Å². The number of hydrogen-bond donors (Lipinski definition) is 2. The molecule has 0 radical (unpaired) electrons. The van der Waals surface area contributed by atoms with Crippen molar-refractivity contribution in [1.29, 1.82) is 0 Å². The van der Waals surface area contributed by atoms with Gasteiger partial charge >= 0.3 is 0 Å². The van der Waals surface area contributed by atoms with Crippen molar-refractivity contribution in [1.82, 2.24) is 4.98 Å². The summed E-state index contributed by atoms with van der Waals surface area (Å²) < 4.78 is 0. The number of nitrogens with one attached hydrogen (secondary N) is 1. The highest BCUT2D eigenvalue weighted by molar-refractivity contribution is 7.19. The Balaban J connectivity index is 1.74. The predicted molar refractivity (Wildman–Crippen MR) is 84.3 cm³/mol. The fourth-order valence-corrected chi connectivity index (χ4v) is 3.66. The summed E-state index contributed by atoms with van der Waals surface area (Å²) in [6.07, 6.45) is 3.65. The van der Waals surface area contributed by atoms with Crippen molar-refractivity contribution >= 4 is 22.4 Å². The first-order valence-corrected chi connectivity index (χ1v) is 7.97.